The molecule has 1 N–H and O–H groups in total. The van der Waals surface area contributed by atoms with Crippen molar-refractivity contribution in [1.29, 1.82) is 0 Å². The molecule has 0 heterocycles. The molecule has 0 radical (unpaired) electrons. The summed E-state index contributed by atoms with van der Waals surface area (Å²) in [4.78, 5) is 24.1. The third-order valence-electron chi connectivity index (χ3n) is 4.49. The number of benzene rings is 2. The number of carbonyl (C=O) groups is 2. The monoisotopic (exact) mass is 377 g/mol. The molecule has 0 aliphatic heterocycles. The highest BCUT2D eigenvalue weighted by molar-refractivity contribution is 5.93. The Kier molecular flexibility index (Phi) is 5.48. The van der Waals surface area contributed by atoms with E-state index in [9.17, 15) is 22.8 Å². The van der Waals surface area contributed by atoms with Crippen molar-refractivity contribution >= 4 is 11.9 Å². The highest BCUT2D eigenvalue weighted by Gasteiger charge is 2.35. The van der Waals surface area contributed by atoms with Crippen molar-refractivity contribution in [1.82, 2.24) is 5.32 Å². The van der Waals surface area contributed by atoms with E-state index in [-0.39, 0.29) is 6.04 Å². The average Bonchev–Trinajstić information content (AvgIpc) is 2.66. The van der Waals surface area contributed by atoms with Gasteiger partial charge in [0, 0.05) is 0 Å². The van der Waals surface area contributed by atoms with Crippen LogP contribution in [0.15, 0.2) is 48.5 Å². The van der Waals surface area contributed by atoms with Crippen molar-refractivity contribution in [3.05, 3.63) is 70.8 Å². The van der Waals surface area contributed by atoms with Gasteiger partial charge < -0.3 is 10.1 Å². The maximum atomic E-state index is 13.0. The standard InChI is InChI=1S/C20H18F3NO3/c21-20(22,23)16-10-4-3-9-15(16)19(26)27-12-18(25)24-17-11-5-7-13-6-1-2-8-14(13)17/h1-4,6,8-10,17H,5,7,11-12H2,(H,24,25)/t17-/m0/s1. The van der Waals surface area contributed by atoms with Gasteiger partial charge in [-0.1, -0.05) is 36.4 Å². The van der Waals surface area contributed by atoms with Crippen LogP contribution in [-0.4, -0.2) is 18.5 Å². The number of carbonyl (C=O) groups excluding carboxylic acids is 2. The molecule has 7 heteroatoms. The Hall–Kier alpha value is -2.83. The van der Waals surface area contributed by atoms with Crippen LogP contribution in [0, 0.1) is 0 Å². The smallest absolute Gasteiger partial charge is 0.417 e. The number of nitrogens with one attached hydrogen (secondary N) is 1. The van der Waals surface area contributed by atoms with Crippen LogP contribution < -0.4 is 5.32 Å². The Labute approximate surface area is 154 Å². The van der Waals surface area contributed by atoms with Gasteiger partial charge in [-0.25, -0.2) is 4.79 Å². The van der Waals surface area contributed by atoms with Crippen molar-refractivity contribution in [2.24, 2.45) is 0 Å². The summed E-state index contributed by atoms with van der Waals surface area (Å²) < 4.78 is 43.7. The lowest BCUT2D eigenvalue weighted by molar-refractivity contribution is -0.138. The molecule has 1 atom stereocenters. The number of alkyl halides is 3. The molecule has 1 amide bonds. The van der Waals surface area contributed by atoms with E-state index in [1.807, 2.05) is 24.3 Å². The molecular weight excluding hydrogens is 359 g/mol. The predicted octanol–water partition coefficient (Wildman–Crippen LogP) is 4.06. The van der Waals surface area contributed by atoms with E-state index in [1.54, 1.807) is 0 Å². The van der Waals surface area contributed by atoms with Gasteiger partial charge in [0.1, 0.15) is 0 Å². The summed E-state index contributed by atoms with van der Waals surface area (Å²) in [5, 5.41) is 2.79. The third kappa shape index (κ3) is 4.48. The third-order valence-corrected chi connectivity index (χ3v) is 4.49. The molecular formula is C20H18F3NO3. The van der Waals surface area contributed by atoms with Gasteiger partial charge in [0.15, 0.2) is 6.61 Å². The molecule has 2 aromatic rings. The van der Waals surface area contributed by atoms with Crippen LogP contribution in [0.25, 0.3) is 0 Å². The number of hydrogen-bond acceptors (Lipinski definition) is 3. The summed E-state index contributed by atoms with van der Waals surface area (Å²) in [6, 6.07) is 11.9. The molecule has 2 aromatic carbocycles. The zero-order chi connectivity index (χ0) is 19.4. The number of hydrogen-bond donors (Lipinski definition) is 1. The van der Waals surface area contributed by atoms with E-state index in [1.165, 1.54) is 12.1 Å². The Morgan fingerprint density at radius 3 is 2.56 bits per heavy atom. The zero-order valence-electron chi connectivity index (χ0n) is 14.4. The lowest BCUT2D eigenvalue weighted by Gasteiger charge is -2.26. The molecule has 0 aromatic heterocycles. The van der Waals surface area contributed by atoms with E-state index in [4.69, 9.17) is 4.74 Å². The van der Waals surface area contributed by atoms with E-state index >= 15 is 0 Å². The maximum absolute atomic E-state index is 13.0. The molecule has 0 fully saturated rings. The molecule has 4 nitrogen and oxygen atoms in total. The Morgan fingerprint density at radius 1 is 1.07 bits per heavy atom. The minimum Gasteiger partial charge on any atom is -0.452 e. The summed E-state index contributed by atoms with van der Waals surface area (Å²) in [6.45, 7) is -0.635. The molecule has 1 aliphatic rings. The predicted molar refractivity (Wildman–Crippen MR) is 92.0 cm³/mol. The van der Waals surface area contributed by atoms with Crippen LogP contribution in [0.5, 0.6) is 0 Å². The first-order valence-corrected chi connectivity index (χ1v) is 8.57. The summed E-state index contributed by atoms with van der Waals surface area (Å²) in [6.07, 6.45) is -2.07. The van der Waals surface area contributed by atoms with Gasteiger partial charge in [0.05, 0.1) is 17.2 Å². The topological polar surface area (TPSA) is 55.4 Å². The lowest BCUT2D eigenvalue weighted by atomic mass is 9.88. The van der Waals surface area contributed by atoms with Gasteiger partial charge in [0.2, 0.25) is 0 Å². The molecule has 1 aliphatic carbocycles. The lowest BCUT2D eigenvalue weighted by Crippen LogP contribution is -2.34. The van der Waals surface area contributed by atoms with Crippen LogP contribution in [0.3, 0.4) is 0 Å². The van der Waals surface area contributed by atoms with Gasteiger partial charge in [-0.15, -0.1) is 0 Å². The van der Waals surface area contributed by atoms with Gasteiger partial charge in [0.25, 0.3) is 5.91 Å². The van der Waals surface area contributed by atoms with Crippen LogP contribution >= 0.6 is 0 Å². The van der Waals surface area contributed by atoms with Gasteiger partial charge >= 0.3 is 12.1 Å². The molecule has 27 heavy (non-hydrogen) atoms. The molecule has 0 saturated heterocycles. The zero-order valence-corrected chi connectivity index (χ0v) is 14.4. The molecule has 3 rings (SSSR count). The fourth-order valence-electron chi connectivity index (χ4n) is 3.26. The van der Waals surface area contributed by atoms with Gasteiger partial charge in [-0.05, 0) is 42.5 Å². The molecule has 0 unspecified atom stereocenters. The van der Waals surface area contributed by atoms with E-state index < -0.39 is 35.8 Å². The van der Waals surface area contributed by atoms with Crippen molar-refractivity contribution in [3.8, 4) is 0 Å². The maximum Gasteiger partial charge on any atom is 0.417 e. The SMILES string of the molecule is O=C(COC(=O)c1ccccc1C(F)(F)F)N[C@H]1CCCc2ccccc21. The minimum atomic E-state index is -4.68. The first kappa shape index (κ1) is 18.9. The van der Waals surface area contributed by atoms with E-state index in [2.05, 4.69) is 5.32 Å². The fraction of sp³-hybridized carbons (Fsp3) is 0.300. The summed E-state index contributed by atoms with van der Waals surface area (Å²) >= 11 is 0. The second kappa shape index (κ2) is 7.82. The summed E-state index contributed by atoms with van der Waals surface area (Å²) in [7, 11) is 0. The number of amides is 1. The largest absolute Gasteiger partial charge is 0.452 e. The number of aryl methyl sites for hydroxylation is 1. The van der Waals surface area contributed by atoms with Crippen molar-refractivity contribution in [3.63, 3.8) is 0 Å². The molecule has 0 spiro atoms. The normalized spacial score (nSPS) is 16.3. The fourth-order valence-corrected chi connectivity index (χ4v) is 3.26. The molecule has 0 bridgehead atoms. The van der Waals surface area contributed by atoms with Crippen molar-refractivity contribution < 1.29 is 27.5 Å². The molecule has 142 valence electrons. The molecule has 0 saturated carbocycles. The Balaban J connectivity index is 1.62. The van der Waals surface area contributed by atoms with E-state index in [0.29, 0.717) is 0 Å². The quantitative estimate of drug-likeness (QED) is 0.818. The number of fused-ring (bicyclic) bond motifs is 1. The summed E-state index contributed by atoms with van der Waals surface area (Å²) in [5.41, 5.74) is 0.480. The number of esters is 1. The van der Waals surface area contributed by atoms with Gasteiger partial charge in [-0.3, -0.25) is 4.79 Å². The minimum absolute atomic E-state index is 0.191. The highest BCUT2D eigenvalue weighted by atomic mass is 19.4. The van der Waals surface area contributed by atoms with E-state index in [0.717, 1.165) is 42.5 Å². The number of halogens is 3. The first-order valence-electron chi connectivity index (χ1n) is 8.57. The van der Waals surface area contributed by atoms with Crippen LogP contribution in [0.2, 0.25) is 0 Å². The first-order chi connectivity index (χ1) is 12.9. The Morgan fingerprint density at radius 2 is 1.78 bits per heavy atom. The average molecular weight is 377 g/mol. The van der Waals surface area contributed by atoms with Gasteiger partial charge in [-0.2, -0.15) is 13.2 Å². The van der Waals surface area contributed by atoms with Crippen molar-refractivity contribution in [2.75, 3.05) is 6.61 Å². The number of rotatable bonds is 4. The highest BCUT2D eigenvalue weighted by Crippen LogP contribution is 2.32. The van der Waals surface area contributed by atoms with Crippen LogP contribution in [-0.2, 0) is 22.1 Å². The Bertz CT molecular complexity index is 848. The number of ether oxygens (including phenoxy) is 1. The second-order valence-corrected chi connectivity index (χ2v) is 6.33. The van der Waals surface area contributed by atoms with Crippen LogP contribution in [0.1, 0.15) is 45.9 Å². The van der Waals surface area contributed by atoms with Crippen LogP contribution in [0.4, 0.5) is 13.2 Å². The summed E-state index contributed by atoms with van der Waals surface area (Å²) in [5.74, 6) is -1.73. The second-order valence-electron chi connectivity index (χ2n) is 6.33. The van der Waals surface area contributed by atoms with Crippen molar-refractivity contribution in [2.45, 2.75) is 31.5 Å².